The predicted octanol–water partition coefficient (Wildman–Crippen LogP) is 3.38. The maximum Gasteiger partial charge on any atom is 0.254 e. The first-order valence-corrected chi connectivity index (χ1v) is 9.43. The lowest BCUT2D eigenvalue weighted by atomic mass is 9.85. The molecule has 1 saturated carbocycles. The van der Waals surface area contributed by atoms with Crippen LogP contribution in [-0.4, -0.2) is 29.6 Å². The van der Waals surface area contributed by atoms with Crippen molar-refractivity contribution >= 4 is 28.8 Å². The normalized spacial score (nSPS) is 28.7. The Morgan fingerprint density at radius 3 is 2.48 bits per heavy atom. The number of benzene rings is 2. The molecule has 4 atom stereocenters. The van der Waals surface area contributed by atoms with Crippen LogP contribution in [0.2, 0.25) is 0 Å². The minimum Gasteiger partial charge on any atom is -0.493 e. The van der Waals surface area contributed by atoms with Crippen LogP contribution >= 0.6 is 0 Å². The first-order valence-electron chi connectivity index (χ1n) is 9.43. The van der Waals surface area contributed by atoms with E-state index in [4.69, 9.17) is 4.74 Å². The molecule has 0 radical (unpaired) electrons. The average Bonchev–Trinajstić information content (AvgIpc) is 3.36. The van der Waals surface area contributed by atoms with Crippen molar-refractivity contribution in [3.63, 3.8) is 0 Å². The highest BCUT2D eigenvalue weighted by molar-refractivity contribution is 6.08. The van der Waals surface area contributed by atoms with Crippen molar-refractivity contribution in [1.29, 1.82) is 0 Å². The van der Waals surface area contributed by atoms with Gasteiger partial charge in [0.15, 0.2) is 0 Å². The molecule has 4 unspecified atom stereocenters. The largest absolute Gasteiger partial charge is 0.493 e. The van der Waals surface area contributed by atoms with Crippen LogP contribution < -0.4 is 4.74 Å². The van der Waals surface area contributed by atoms with Gasteiger partial charge in [0.25, 0.3) is 11.8 Å². The molecule has 2 aromatic rings. The highest BCUT2D eigenvalue weighted by Gasteiger charge is 2.59. The quantitative estimate of drug-likeness (QED) is 0.477. The van der Waals surface area contributed by atoms with Gasteiger partial charge >= 0.3 is 0 Å². The van der Waals surface area contributed by atoms with Gasteiger partial charge in [-0.05, 0) is 42.0 Å². The lowest BCUT2D eigenvalue weighted by Crippen LogP contribution is -2.28. The molecule has 1 aliphatic heterocycles. The van der Waals surface area contributed by atoms with E-state index in [-0.39, 0.29) is 35.5 Å². The molecular weight excluding hydrogens is 340 g/mol. The van der Waals surface area contributed by atoms with Crippen molar-refractivity contribution < 1.29 is 14.3 Å². The van der Waals surface area contributed by atoms with Gasteiger partial charge in [0, 0.05) is 5.56 Å². The Morgan fingerprint density at radius 2 is 1.78 bits per heavy atom. The van der Waals surface area contributed by atoms with E-state index in [2.05, 4.69) is 17.3 Å². The van der Waals surface area contributed by atoms with Gasteiger partial charge in [-0.25, -0.2) is 0 Å². The van der Waals surface area contributed by atoms with E-state index < -0.39 is 0 Å². The fraction of sp³-hybridized carbons (Fsp3) is 0.318. The van der Waals surface area contributed by atoms with E-state index in [1.807, 2.05) is 43.3 Å². The number of imide groups is 1. The number of hydrazone groups is 1. The van der Waals surface area contributed by atoms with Gasteiger partial charge in [0.1, 0.15) is 5.75 Å². The third-order valence-corrected chi connectivity index (χ3v) is 5.98. The number of amides is 2. The van der Waals surface area contributed by atoms with Gasteiger partial charge in [-0.15, -0.1) is 0 Å². The monoisotopic (exact) mass is 360 g/mol. The van der Waals surface area contributed by atoms with Gasteiger partial charge < -0.3 is 4.74 Å². The van der Waals surface area contributed by atoms with Crippen LogP contribution in [0.15, 0.2) is 53.7 Å². The fourth-order valence-electron chi connectivity index (χ4n) is 4.81. The smallest absolute Gasteiger partial charge is 0.254 e. The Kier molecular flexibility index (Phi) is 3.64. The molecule has 5 nitrogen and oxygen atoms in total. The van der Waals surface area contributed by atoms with Crippen LogP contribution in [0.3, 0.4) is 0 Å². The zero-order chi connectivity index (χ0) is 18.5. The zero-order valence-electron chi connectivity index (χ0n) is 15.0. The summed E-state index contributed by atoms with van der Waals surface area (Å²) in [5, 5.41) is 7.45. The van der Waals surface area contributed by atoms with Crippen molar-refractivity contribution in [2.24, 2.45) is 28.8 Å². The molecule has 0 aromatic heterocycles. The molecular formula is C22H20N2O3. The van der Waals surface area contributed by atoms with Crippen LogP contribution in [-0.2, 0) is 9.59 Å². The second-order valence-corrected chi connectivity index (χ2v) is 7.36. The molecule has 3 aliphatic rings. The third kappa shape index (κ3) is 2.34. The molecule has 2 aliphatic carbocycles. The molecule has 2 amide bonds. The number of hydrogen-bond donors (Lipinski definition) is 0. The predicted molar refractivity (Wildman–Crippen MR) is 102 cm³/mol. The second kappa shape index (κ2) is 6.05. The highest BCUT2D eigenvalue weighted by atomic mass is 16.5. The number of allylic oxidation sites excluding steroid dienone is 2. The summed E-state index contributed by atoms with van der Waals surface area (Å²) in [6.45, 7) is 2.45. The summed E-state index contributed by atoms with van der Waals surface area (Å²) in [5.74, 6) is 0.266. The first kappa shape index (κ1) is 16.2. The second-order valence-electron chi connectivity index (χ2n) is 7.36. The van der Waals surface area contributed by atoms with Crippen LogP contribution in [0.4, 0.5) is 0 Å². The Bertz CT molecular complexity index is 980. The van der Waals surface area contributed by atoms with E-state index in [9.17, 15) is 9.59 Å². The molecule has 5 heteroatoms. The lowest BCUT2D eigenvalue weighted by Gasteiger charge is -2.13. The van der Waals surface area contributed by atoms with Crippen LogP contribution in [0.5, 0.6) is 5.75 Å². The minimum absolute atomic E-state index is 0.170. The number of nitrogens with zero attached hydrogens (tertiary/aromatic N) is 2. The molecule has 136 valence electrons. The first-order chi connectivity index (χ1) is 13.2. The van der Waals surface area contributed by atoms with Crippen LogP contribution in [0.25, 0.3) is 10.8 Å². The Balaban J connectivity index is 1.52. The molecule has 5 rings (SSSR count). The molecule has 27 heavy (non-hydrogen) atoms. The van der Waals surface area contributed by atoms with Crippen molar-refractivity contribution in [2.75, 3.05) is 6.61 Å². The van der Waals surface area contributed by atoms with Gasteiger partial charge in [-0.2, -0.15) is 10.1 Å². The molecule has 2 aromatic carbocycles. The van der Waals surface area contributed by atoms with Gasteiger partial charge in [-0.1, -0.05) is 42.5 Å². The number of rotatable bonds is 4. The SMILES string of the molecule is CCOc1ccc2ccccc2c1C=NN1C(=O)C2C3C=CC(C3)C2C1=O. The summed E-state index contributed by atoms with van der Waals surface area (Å²) in [6, 6.07) is 11.8. The van der Waals surface area contributed by atoms with Crippen molar-refractivity contribution in [3.8, 4) is 5.75 Å². The van der Waals surface area contributed by atoms with Crippen molar-refractivity contribution in [2.45, 2.75) is 13.3 Å². The highest BCUT2D eigenvalue weighted by Crippen LogP contribution is 2.52. The van der Waals surface area contributed by atoms with Crippen molar-refractivity contribution in [3.05, 3.63) is 54.1 Å². The fourth-order valence-corrected chi connectivity index (χ4v) is 4.81. The Labute approximate surface area is 157 Å². The van der Waals surface area contributed by atoms with Gasteiger partial charge in [0.05, 0.1) is 24.7 Å². The topological polar surface area (TPSA) is 59.0 Å². The molecule has 1 heterocycles. The molecule has 2 bridgehead atoms. The van der Waals surface area contributed by atoms with Crippen LogP contribution in [0.1, 0.15) is 18.9 Å². The van der Waals surface area contributed by atoms with Crippen molar-refractivity contribution in [1.82, 2.24) is 5.01 Å². The summed E-state index contributed by atoms with van der Waals surface area (Å²) in [4.78, 5) is 25.6. The lowest BCUT2D eigenvalue weighted by molar-refractivity contribution is -0.140. The number of fused-ring (bicyclic) bond motifs is 6. The summed E-state index contributed by atoms with van der Waals surface area (Å²) in [7, 11) is 0. The summed E-state index contributed by atoms with van der Waals surface area (Å²) >= 11 is 0. The summed E-state index contributed by atoms with van der Waals surface area (Å²) in [5.41, 5.74) is 0.786. The maximum atomic E-state index is 12.8. The Morgan fingerprint density at radius 1 is 1.07 bits per heavy atom. The molecule has 1 saturated heterocycles. The van der Waals surface area contributed by atoms with E-state index in [1.54, 1.807) is 6.21 Å². The summed E-state index contributed by atoms with van der Waals surface area (Å²) in [6.07, 6.45) is 6.69. The van der Waals surface area contributed by atoms with E-state index in [0.717, 1.165) is 27.8 Å². The van der Waals surface area contributed by atoms with E-state index in [0.29, 0.717) is 12.4 Å². The van der Waals surface area contributed by atoms with Gasteiger partial charge in [-0.3, -0.25) is 9.59 Å². The maximum absolute atomic E-state index is 12.8. The third-order valence-electron chi connectivity index (χ3n) is 5.98. The summed E-state index contributed by atoms with van der Waals surface area (Å²) < 4.78 is 5.74. The number of ether oxygens (including phenoxy) is 1. The Hall–Kier alpha value is -2.95. The number of carbonyl (C=O) groups excluding carboxylic acids is 2. The van der Waals surface area contributed by atoms with Crippen LogP contribution in [0, 0.1) is 23.7 Å². The number of carbonyl (C=O) groups is 2. The molecule has 0 N–H and O–H groups in total. The molecule has 0 spiro atoms. The minimum atomic E-state index is -0.233. The molecule has 2 fully saturated rings. The average molecular weight is 360 g/mol. The van der Waals surface area contributed by atoms with E-state index in [1.165, 1.54) is 0 Å². The van der Waals surface area contributed by atoms with E-state index >= 15 is 0 Å². The van der Waals surface area contributed by atoms with Gasteiger partial charge in [0.2, 0.25) is 0 Å². The zero-order valence-corrected chi connectivity index (χ0v) is 15.0. The number of hydrogen-bond acceptors (Lipinski definition) is 4. The standard InChI is InChI=1S/C22H20N2O3/c1-2-27-18-10-9-13-5-3-4-6-16(13)17(18)12-23-24-21(25)19-14-7-8-15(11-14)20(19)22(24)26/h3-10,12,14-15,19-20H,2,11H2,1H3.